The highest BCUT2D eigenvalue weighted by Crippen LogP contribution is 2.16. The molecule has 0 radical (unpaired) electrons. The molecule has 312 valence electrons. The second-order valence-corrected chi connectivity index (χ2v) is 13.3. The summed E-state index contributed by atoms with van der Waals surface area (Å²) in [5.41, 5.74) is 4.55. The Balaban J connectivity index is 3.68. The van der Waals surface area contributed by atoms with Crippen molar-refractivity contribution in [1.82, 2.24) is 42.5 Å². The predicted molar refractivity (Wildman–Crippen MR) is 199 cm³/mol. The standard InChI is InChI=1S/C35H55N9O12/c1-20(46)41-26(7-5-6-12-36)31(53)37-16-35(19-40-34(56)29(15-45)44-23(4)49,18-39-33(55)28(14-30(51)52)43-22(3)48)17-38-32(54)27(42-21(2)47)13-24-8-10-25(50)11-9-24/h8-11,26-29,45,50H,5-7,12-19,36H2,1-4H3,(H,37,53)(H,38,54)(H,39,55)(H,40,56)(H,41,46)(H,42,47)(H,43,48)(H,44,49)(H,51,52)/t26-,27-,28-,29-,35?/m0/s1. The van der Waals surface area contributed by atoms with Gasteiger partial charge in [0.05, 0.1) is 13.0 Å². The number of rotatable bonds is 25. The van der Waals surface area contributed by atoms with Crippen LogP contribution in [0.25, 0.3) is 0 Å². The molecule has 0 saturated carbocycles. The van der Waals surface area contributed by atoms with E-state index in [9.17, 15) is 58.5 Å². The van der Waals surface area contributed by atoms with Crippen molar-refractivity contribution in [2.24, 2.45) is 11.1 Å². The number of aliphatic carboxylic acids is 1. The molecule has 0 aliphatic heterocycles. The Kier molecular flexibility index (Phi) is 21.1. The first-order valence-electron chi connectivity index (χ1n) is 17.8. The normalized spacial score (nSPS) is 13.9. The molecule has 0 aromatic heterocycles. The fourth-order valence-electron chi connectivity index (χ4n) is 5.36. The number of aliphatic hydroxyl groups excluding tert-OH is 1. The zero-order valence-electron chi connectivity index (χ0n) is 32.0. The van der Waals surface area contributed by atoms with Crippen molar-refractivity contribution >= 4 is 53.2 Å². The predicted octanol–water partition coefficient (Wildman–Crippen LogP) is -4.00. The molecule has 21 nitrogen and oxygen atoms in total. The highest BCUT2D eigenvalue weighted by molar-refractivity contribution is 5.91. The van der Waals surface area contributed by atoms with Crippen LogP contribution >= 0.6 is 0 Å². The number of aliphatic hydroxyl groups is 1. The van der Waals surface area contributed by atoms with Crippen LogP contribution in [0.3, 0.4) is 0 Å². The molecule has 0 saturated heterocycles. The Labute approximate surface area is 324 Å². The van der Waals surface area contributed by atoms with E-state index in [1.165, 1.54) is 38.1 Å². The molecule has 56 heavy (non-hydrogen) atoms. The Bertz CT molecular complexity index is 1530. The number of amides is 8. The number of carbonyl (C=O) groups excluding carboxylic acids is 8. The van der Waals surface area contributed by atoms with Gasteiger partial charge >= 0.3 is 5.97 Å². The van der Waals surface area contributed by atoms with E-state index in [2.05, 4.69) is 42.5 Å². The van der Waals surface area contributed by atoms with Gasteiger partial charge in [-0.2, -0.15) is 0 Å². The summed E-state index contributed by atoms with van der Waals surface area (Å²) in [5.74, 6) is -7.15. The van der Waals surface area contributed by atoms with Crippen molar-refractivity contribution in [3.63, 3.8) is 0 Å². The minimum Gasteiger partial charge on any atom is -0.508 e. The van der Waals surface area contributed by atoms with Crippen LogP contribution in [-0.4, -0.2) is 132 Å². The molecule has 1 unspecified atom stereocenters. The lowest BCUT2D eigenvalue weighted by atomic mass is 9.86. The van der Waals surface area contributed by atoms with Crippen LogP contribution in [0, 0.1) is 5.41 Å². The van der Waals surface area contributed by atoms with Crippen LogP contribution in [0.4, 0.5) is 0 Å². The summed E-state index contributed by atoms with van der Waals surface area (Å²) in [6, 6.07) is 0.654. The molecule has 8 amide bonds. The molecule has 1 aromatic carbocycles. The molecule has 1 rings (SSSR count). The fourth-order valence-corrected chi connectivity index (χ4v) is 5.36. The van der Waals surface area contributed by atoms with Gasteiger partial charge in [0.1, 0.15) is 29.9 Å². The second-order valence-electron chi connectivity index (χ2n) is 13.3. The molecule has 0 heterocycles. The van der Waals surface area contributed by atoms with Gasteiger partial charge in [0.25, 0.3) is 0 Å². The van der Waals surface area contributed by atoms with Crippen LogP contribution in [-0.2, 0) is 49.6 Å². The van der Waals surface area contributed by atoms with Crippen LogP contribution in [0.2, 0.25) is 0 Å². The maximum Gasteiger partial charge on any atom is 0.305 e. The van der Waals surface area contributed by atoms with Crippen molar-refractivity contribution < 1.29 is 58.5 Å². The van der Waals surface area contributed by atoms with Gasteiger partial charge in [-0.1, -0.05) is 12.1 Å². The van der Waals surface area contributed by atoms with Gasteiger partial charge in [0.15, 0.2) is 0 Å². The number of benzene rings is 1. The van der Waals surface area contributed by atoms with E-state index in [4.69, 9.17) is 5.73 Å². The van der Waals surface area contributed by atoms with Crippen molar-refractivity contribution in [3.8, 4) is 5.75 Å². The zero-order valence-corrected chi connectivity index (χ0v) is 32.0. The van der Waals surface area contributed by atoms with Crippen molar-refractivity contribution in [2.75, 3.05) is 39.3 Å². The first kappa shape index (κ1) is 48.2. The molecule has 13 N–H and O–H groups in total. The smallest absolute Gasteiger partial charge is 0.305 e. The van der Waals surface area contributed by atoms with Gasteiger partial charge in [-0.25, -0.2) is 0 Å². The summed E-state index contributed by atoms with van der Waals surface area (Å²) in [6.45, 7) is 2.24. The number of aromatic hydroxyl groups is 1. The van der Waals surface area contributed by atoms with Crippen LogP contribution in [0.15, 0.2) is 24.3 Å². The number of phenolic OH excluding ortho intramolecular Hbond substituents is 1. The van der Waals surface area contributed by atoms with E-state index in [0.29, 0.717) is 24.9 Å². The van der Waals surface area contributed by atoms with Gasteiger partial charge in [0, 0.05) is 65.7 Å². The number of carboxylic acid groups (broad SMARTS) is 1. The zero-order chi connectivity index (χ0) is 42.4. The van der Waals surface area contributed by atoms with Crippen LogP contribution in [0.5, 0.6) is 5.75 Å². The molecular formula is C35H55N9O12. The number of carbonyl (C=O) groups is 9. The molecule has 0 spiro atoms. The van der Waals surface area contributed by atoms with Gasteiger partial charge in [-0.3, -0.25) is 43.2 Å². The molecule has 0 bridgehead atoms. The number of nitrogens with one attached hydrogen (secondary N) is 8. The molecular weight excluding hydrogens is 738 g/mol. The van der Waals surface area contributed by atoms with Gasteiger partial charge in [-0.15, -0.1) is 0 Å². The van der Waals surface area contributed by atoms with Gasteiger partial charge in [0.2, 0.25) is 47.3 Å². The first-order chi connectivity index (χ1) is 26.3. The van der Waals surface area contributed by atoms with E-state index in [1.807, 2.05) is 0 Å². The molecule has 5 atom stereocenters. The molecule has 0 aliphatic rings. The number of unbranched alkanes of at least 4 members (excludes halogenated alkanes) is 1. The minimum atomic E-state index is -1.60. The van der Waals surface area contributed by atoms with Crippen LogP contribution in [0.1, 0.15) is 58.9 Å². The second kappa shape index (κ2) is 24.6. The third kappa shape index (κ3) is 19.0. The summed E-state index contributed by atoms with van der Waals surface area (Å²) in [6.07, 6.45) is 0.357. The molecule has 0 fully saturated rings. The topological polar surface area (TPSA) is 337 Å². The third-order valence-electron chi connectivity index (χ3n) is 8.21. The van der Waals surface area contributed by atoms with E-state index < -0.39 is 122 Å². The monoisotopic (exact) mass is 793 g/mol. The minimum absolute atomic E-state index is 0.0311. The summed E-state index contributed by atoms with van der Waals surface area (Å²) in [7, 11) is 0. The average molecular weight is 794 g/mol. The summed E-state index contributed by atoms with van der Waals surface area (Å²) < 4.78 is 0. The van der Waals surface area contributed by atoms with E-state index in [1.54, 1.807) is 0 Å². The van der Waals surface area contributed by atoms with E-state index >= 15 is 0 Å². The Morgan fingerprint density at radius 3 is 1.43 bits per heavy atom. The van der Waals surface area contributed by atoms with E-state index in [0.717, 1.165) is 13.8 Å². The average Bonchev–Trinajstić information content (AvgIpc) is 3.11. The lowest BCUT2D eigenvalue weighted by molar-refractivity contribution is -0.140. The van der Waals surface area contributed by atoms with E-state index in [-0.39, 0.29) is 18.6 Å². The SMILES string of the molecule is CC(=O)N[C@@H](CO)C(=O)NCC(CNC(=O)[C@H](CCCCN)NC(C)=O)(CNC(=O)[C@H](CC(=O)O)NC(C)=O)CNC(=O)[C@H](Cc1ccc(O)cc1)NC(C)=O. The molecule has 1 aromatic rings. The lowest BCUT2D eigenvalue weighted by Crippen LogP contribution is -2.61. The molecule has 21 heteroatoms. The summed E-state index contributed by atoms with van der Waals surface area (Å²) in [5, 5.41) is 48.9. The Hall–Kier alpha value is -5.83. The quantitative estimate of drug-likeness (QED) is 0.0421. The summed E-state index contributed by atoms with van der Waals surface area (Å²) in [4.78, 5) is 113. The molecule has 0 aliphatic carbocycles. The number of hydrogen-bond donors (Lipinski definition) is 12. The number of carboxylic acids is 1. The Morgan fingerprint density at radius 2 is 1.00 bits per heavy atom. The lowest BCUT2D eigenvalue weighted by Gasteiger charge is -2.36. The van der Waals surface area contributed by atoms with Crippen molar-refractivity contribution in [2.45, 2.75) is 84.0 Å². The van der Waals surface area contributed by atoms with Gasteiger partial charge in [-0.05, 0) is 43.5 Å². The fraction of sp³-hybridized carbons (Fsp3) is 0.571. The highest BCUT2D eigenvalue weighted by Gasteiger charge is 2.37. The number of phenols is 1. The number of nitrogens with two attached hydrogens (primary N) is 1. The third-order valence-corrected chi connectivity index (χ3v) is 8.21. The van der Waals surface area contributed by atoms with Crippen molar-refractivity contribution in [3.05, 3.63) is 29.8 Å². The van der Waals surface area contributed by atoms with Crippen molar-refractivity contribution in [1.29, 1.82) is 0 Å². The number of hydrogen-bond acceptors (Lipinski definition) is 12. The maximum absolute atomic E-state index is 13.7. The maximum atomic E-state index is 13.7. The first-order valence-corrected chi connectivity index (χ1v) is 17.8. The summed E-state index contributed by atoms with van der Waals surface area (Å²) >= 11 is 0. The van der Waals surface area contributed by atoms with Gasteiger partial charge < -0.3 is 63.6 Å². The van der Waals surface area contributed by atoms with Crippen LogP contribution < -0.4 is 48.3 Å². The Morgan fingerprint density at radius 1 is 0.607 bits per heavy atom. The largest absolute Gasteiger partial charge is 0.508 e. The highest BCUT2D eigenvalue weighted by atomic mass is 16.4.